The minimum Gasteiger partial charge on any atom is -0.496 e. The Labute approximate surface area is 176 Å². The molecule has 0 saturated carbocycles. The molecular weight excluding hydrogens is 439 g/mol. The van der Waals surface area contributed by atoms with Crippen molar-refractivity contribution < 1.29 is 4.74 Å². The molecule has 5 nitrogen and oxygen atoms in total. The molecular formula is C20H35IN4O. The maximum Gasteiger partial charge on any atom is 0.191 e. The van der Waals surface area contributed by atoms with E-state index in [4.69, 9.17) is 4.74 Å². The zero-order valence-corrected chi connectivity index (χ0v) is 19.3. The lowest BCUT2D eigenvalue weighted by molar-refractivity contribution is 0.265. The number of aliphatic imine (C=N–C) groups is 1. The second-order valence-corrected chi connectivity index (χ2v) is 7.34. The normalized spacial score (nSPS) is 20.8. The van der Waals surface area contributed by atoms with Crippen LogP contribution in [0.1, 0.15) is 31.9 Å². The van der Waals surface area contributed by atoms with Gasteiger partial charge in [-0.3, -0.25) is 9.89 Å². The molecule has 2 unspecified atom stereocenters. The smallest absolute Gasteiger partial charge is 0.191 e. The van der Waals surface area contributed by atoms with Crippen molar-refractivity contribution in [1.29, 1.82) is 0 Å². The molecule has 2 rings (SSSR count). The van der Waals surface area contributed by atoms with E-state index < -0.39 is 0 Å². The highest BCUT2D eigenvalue weighted by molar-refractivity contribution is 14.0. The predicted molar refractivity (Wildman–Crippen MR) is 121 cm³/mol. The van der Waals surface area contributed by atoms with Crippen LogP contribution in [-0.4, -0.2) is 56.7 Å². The van der Waals surface area contributed by atoms with Gasteiger partial charge in [0.25, 0.3) is 0 Å². The Morgan fingerprint density at radius 3 is 2.65 bits per heavy atom. The molecule has 1 aromatic rings. The third kappa shape index (κ3) is 6.30. The fourth-order valence-corrected chi connectivity index (χ4v) is 3.40. The summed E-state index contributed by atoms with van der Waals surface area (Å²) in [6.45, 7) is 12.0. The van der Waals surface area contributed by atoms with Gasteiger partial charge in [0.05, 0.1) is 7.11 Å². The van der Waals surface area contributed by atoms with Crippen molar-refractivity contribution in [3.05, 3.63) is 29.3 Å². The highest BCUT2D eigenvalue weighted by Crippen LogP contribution is 2.20. The third-order valence-electron chi connectivity index (χ3n) is 5.04. The second-order valence-electron chi connectivity index (χ2n) is 7.34. The predicted octanol–water partition coefficient (Wildman–Crippen LogP) is 3.06. The van der Waals surface area contributed by atoms with Gasteiger partial charge in [-0.2, -0.15) is 0 Å². The van der Waals surface area contributed by atoms with Gasteiger partial charge in [0.1, 0.15) is 5.75 Å². The van der Waals surface area contributed by atoms with Crippen LogP contribution >= 0.6 is 24.0 Å². The molecule has 26 heavy (non-hydrogen) atoms. The van der Waals surface area contributed by atoms with Gasteiger partial charge in [0.2, 0.25) is 0 Å². The molecule has 1 heterocycles. The van der Waals surface area contributed by atoms with E-state index in [1.165, 1.54) is 11.1 Å². The SMILES string of the molecule is CN=C(NCCc1cc(C)ccc1OC)NC1CN(C(C)C)CC1C.I. The van der Waals surface area contributed by atoms with Gasteiger partial charge in [-0.15, -0.1) is 24.0 Å². The molecule has 1 aliphatic heterocycles. The van der Waals surface area contributed by atoms with Crippen molar-refractivity contribution in [1.82, 2.24) is 15.5 Å². The van der Waals surface area contributed by atoms with Gasteiger partial charge in [-0.1, -0.05) is 24.6 Å². The molecule has 0 spiro atoms. The standard InChI is InChI=1S/C20H34N4O.HI/c1-14(2)24-12-16(4)18(13-24)23-20(21-5)22-10-9-17-11-15(3)7-8-19(17)25-6;/h7-8,11,14,16,18H,9-10,12-13H2,1-6H3,(H2,21,22,23);1H. The van der Waals surface area contributed by atoms with E-state index in [1.54, 1.807) is 7.11 Å². The molecule has 0 amide bonds. The number of halogens is 1. The maximum atomic E-state index is 5.46. The lowest BCUT2D eigenvalue weighted by Crippen LogP contribution is -2.47. The van der Waals surface area contributed by atoms with Crippen LogP contribution < -0.4 is 15.4 Å². The fourth-order valence-electron chi connectivity index (χ4n) is 3.40. The van der Waals surface area contributed by atoms with Crippen molar-refractivity contribution in [3.8, 4) is 5.75 Å². The van der Waals surface area contributed by atoms with E-state index in [-0.39, 0.29) is 24.0 Å². The molecule has 2 atom stereocenters. The average molecular weight is 474 g/mol. The Bertz CT molecular complexity index is 591. The number of nitrogens with one attached hydrogen (secondary N) is 2. The largest absolute Gasteiger partial charge is 0.496 e. The highest BCUT2D eigenvalue weighted by Gasteiger charge is 2.31. The molecule has 1 aromatic carbocycles. The maximum absolute atomic E-state index is 5.46. The molecule has 1 aliphatic rings. The Hall–Kier alpha value is -1.02. The molecule has 1 fully saturated rings. The summed E-state index contributed by atoms with van der Waals surface area (Å²) in [6.07, 6.45) is 0.907. The number of hydrogen-bond donors (Lipinski definition) is 2. The summed E-state index contributed by atoms with van der Waals surface area (Å²) < 4.78 is 5.46. The third-order valence-corrected chi connectivity index (χ3v) is 5.04. The Morgan fingerprint density at radius 1 is 1.35 bits per heavy atom. The lowest BCUT2D eigenvalue weighted by atomic mass is 10.1. The van der Waals surface area contributed by atoms with E-state index in [9.17, 15) is 0 Å². The number of hydrogen-bond acceptors (Lipinski definition) is 3. The quantitative estimate of drug-likeness (QED) is 0.378. The first-order valence-corrected chi connectivity index (χ1v) is 9.29. The second kappa shape index (κ2) is 11.0. The van der Waals surface area contributed by atoms with Gasteiger partial charge in [-0.05, 0) is 44.7 Å². The Balaban J connectivity index is 0.00000338. The molecule has 0 radical (unpaired) electrons. The van der Waals surface area contributed by atoms with E-state index >= 15 is 0 Å². The van der Waals surface area contributed by atoms with Crippen molar-refractivity contribution in [2.75, 3.05) is 33.8 Å². The van der Waals surface area contributed by atoms with Crippen LogP contribution in [0.25, 0.3) is 0 Å². The van der Waals surface area contributed by atoms with Gasteiger partial charge in [0.15, 0.2) is 5.96 Å². The van der Waals surface area contributed by atoms with Gasteiger partial charge >= 0.3 is 0 Å². The number of methoxy groups -OCH3 is 1. The van der Waals surface area contributed by atoms with Crippen molar-refractivity contribution in [2.45, 2.75) is 46.2 Å². The van der Waals surface area contributed by atoms with Gasteiger partial charge < -0.3 is 15.4 Å². The fraction of sp³-hybridized carbons (Fsp3) is 0.650. The zero-order valence-electron chi connectivity index (χ0n) is 17.0. The zero-order chi connectivity index (χ0) is 18.4. The Morgan fingerprint density at radius 2 is 2.08 bits per heavy atom. The van der Waals surface area contributed by atoms with Crippen molar-refractivity contribution in [2.24, 2.45) is 10.9 Å². The molecule has 0 aromatic heterocycles. The van der Waals surface area contributed by atoms with Crippen LogP contribution in [0.2, 0.25) is 0 Å². The van der Waals surface area contributed by atoms with Gasteiger partial charge in [0, 0.05) is 38.8 Å². The van der Waals surface area contributed by atoms with Crippen molar-refractivity contribution in [3.63, 3.8) is 0 Å². The summed E-state index contributed by atoms with van der Waals surface area (Å²) in [5, 5.41) is 7.04. The number of ether oxygens (including phenoxy) is 1. The van der Waals surface area contributed by atoms with E-state index in [0.717, 1.165) is 37.8 Å². The molecule has 2 N–H and O–H groups in total. The first-order chi connectivity index (χ1) is 11.9. The number of benzene rings is 1. The number of rotatable bonds is 6. The molecule has 148 valence electrons. The summed E-state index contributed by atoms with van der Waals surface area (Å²) in [7, 11) is 3.56. The van der Waals surface area contributed by atoms with Crippen LogP contribution in [0.3, 0.4) is 0 Å². The first kappa shape index (κ1) is 23.0. The number of nitrogens with zero attached hydrogens (tertiary/aromatic N) is 2. The van der Waals surface area contributed by atoms with Crippen LogP contribution in [0, 0.1) is 12.8 Å². The summed E-state index contributed by atoms with van der Waals surface area (Å²) in [5.74, 6) is 2.46. The van der Waals surface area contributed by atoms with Crippen LogP contribution in [0.15, 0.2) is 23.2 Å². The summed E-state index contributed by atoms with van der Waals surface area (Å²) in [6, 6.07) is 7.35. The monoisotopic (exact) mass is 474 g/mol. The summed E-state index contributed by atoms with van der Waals surface area (Å²) >= 11 is 0. The number of guanidine groups is 1. The minimum atomic E-state index is 0. The van der Waals surface area contributed by atoms with Crippen LogP contribution in [0.4, 0.5) is 0 Å². The minimum absolute atomic E-state index is 0. The lowest BCUT2D eigenvalue weighted by Gasteiger charge is -2.22. The summed E-state index contributed by atoms with van der Waals surface area (Å²) in [4.78, 5) is 6.91. The van der Waals surface area contributed by atoms with E-state index in [0.29, 0.717) is 18.0 Å². The topological polar surface area (TPSA) is 48.9 Å². The molecule has 1 saturated heterocycles. The molecule has 0 aliphatic carbocycles. The van der Waals surface area contributed by atoms with Crippen LogP contribution in [0.5, 0.6) is 5.75 Å². The van der Waals surface area contributed by atoms with E-state index in [1.807, 2.05) is 13.1 Å². The molecule has 0 bridgehead atoms. The molecule has 6 heteroatoms. The van der Waals surface area contributed by atoms with Crippen molar-refractivity contribution >= 4 is 29.9 Å². The first-order valence-electron chi connectivity index (χ1n) is 9.29. The number of likely N-dealkylation sites (tertiary alicyclic amines) is 1. The van der Waals surface area contributed by atoms with Crippen LogP contribution in [-0.2, 0) is 6.42 Å². The Kier molecular flexibility index (Phi) is 9.71. The average Bonchev–Trinajstić information content (AvgIpc) is 2.95. The van der Waals surface area contributed by atoms with E-state index in [2.05, 4.69) is 60.4 Å². The number of aryl methyl sites for hydroxylation is 1. The summed E-state index contributed by atoms with van der Waals surface area (Å²) in [5.41, 5.74) is 2.48. The highest BCUT2D eigenvalue weighted by atomic mass is 127. The van der Waals surface area contributed by atoms with Gasteiger partial charge in [-0.25, -0.2) is 0 Å².